The van der Waals surface area contributed by atoms with Gasteiger partial charge in [0.05, 0.1) is 0 Å². The average Bonchev–Trinajstić information content (AvgIpc) is 3.06. The number of nitrogens with one attached hydrogen (secondary N) is 1. The van der Waals surface area contributed by atoms with E-state index >= 15 is 0 Å². The molecule has 1 N–H and O–H groups in total. The van der Waals surface area contributed by atoms with E-state index in [4.69, 9.17) is 0 Å². The molecule has 1 fully saturated rings. The molecule has 0 aromatic heterocycles. The van der Waals surface area contributed by atoms with Gasteiger partial charge in [0.15, 0.2) is 0 Å². The number of alkyl halides is 3. The zero-order chi connectivity index (χ0) is 16.0. The van der Waals surface area contributed by atoms with E-state index in [2.05, 4.69) is 5.32 Å². The van der Waals surface area contributed by atoms with Crippen LogP contribution in [0.5, 0.6) is 0 Å². The predicted molar refractivity (Wildman–Crippen MR) is 72.7 cm³/mol. The first-order valence-electron chi connectivity index (χ1n) is 7.10. The Morgan fingerprint density at radius 2 is 1.90 bits per heavy atom. The third-order valence-electron chi connectivity index (χ3n) is 3.82. The van der Waals surface area contributed by atoms with Crippen molar-refractivity contribution in [3.05, 3.63) is 11.8 Å². The van der Waals surface area contributed by atoms with E-state index in [1.807, 2.05) is 37.8 Å². The van der Waals surface area contributed by atoms with Crippen molar-refractivity contribution in [2.45, 2.75) is 46.0 Å². The number of carbonyl (C=O) groups is 1. The molecule has 1 unspecified atom stereocenters. The van der Waals surface area contributed by atoms with Crippen LogP contribution in [0.15, 0.2) is 11.8 Å². The molecule has 7 heteroatoms. The smallest absolute Gasteiger partial charge is 0.328 e. The molecule has 1 amide bonds. The van der Waals surface area contributed by atoms with Crippen molar-refractivity contribution >= 4 is 5.91 Å². The van der Waals surface area contributed by atoms with Gasteiger partial charge in [-0.05, 0) is 24.8 Å². The fraction of sp³-hybridized carbons (Fsp3) is 0.786. The molecule has 1 aliphatic carbocycles. The monoisotopic (exact) mass is 305 g/mol. The van der Waals surface area contributed by atoms with Gasteiger partial charge in [0.2, 0.25) is 0 Å². The SMILES string of the molecule is CN1C(C(C)(C)C)=CC(NC(=O)C(F)(F)F)N1CC1CC1. The lowest BCUT2D eigenvalue weighted by Gasteiger charge is -2.36. The zero-order valence-electron chi connectivity index (χ0n) is 12.8. The first kappa shape index (κ1) is 16.1. The van der Waals surface area contributed by atoms with Crippen molar-refractivity contribution in [3.63, 3.8) is 0 Å². The molecule has 1 atom stereocenters. The first-order chi connectivity index (χ1) is 9.50. The number of rotatable bonds is 3. The second-order valence-electron chi connectivity index (χ2n) is 6.81. The molecule has 1 aliphatic heterocycles. The molecule has 0 bridgehead atoms. The molecule has 120 valence electrons. The molecule has 2 aliphatic rings. The van der Waals surface area contributed by atoms with Crippen LogP contribution in [0.25, 0.3) is 0 Å². The topological polar surface area (TPSA) is 35.6 Å². The highest BCUT2D eigenvalue weighted by Gasteiger charge is 2.44. The molecule has 0 saturated heterocycles. The summed E-state index contributed by atoms with van der Waals surface area (Å²) in [5.41, 5.74) is 0.712. The van der Waals surface area contributed by atoms with Crippen LogP contribution in [0.1, 0.15) is 33.6 Å². The van der Waals surface area contributed by atoms with Gasteiger partial charge in [-0.25, -0.2) is 0 Å². The predicted octanol–water partition coefficient (Wildman–Crippen LogP) is 2.49. The summed E-state index contributed by atoms with van der Waals surface area (Å²) in [5, 5.41) is 5.76. The summed E-state index contributed by atoms with van der Waals surface area (Å²) in [6, 6.07) is 0. The number of amides is 1. The van der Waals surface area contributed by atoms with E-state index in [0.29, 0.717) is 12.5 Å². The van der Waals surface area contributed by atoms with Crippen molar-refractivity contribution in [1.29, 1.82) is 0 Å². The number of hydrazine groups is 1. The highest BCUT2D eigenvalue weighted by molar-refractivity contribution is 5.82. The maximum Gasteiger partial charge on any atom is 0.471 e. The van der Waals surface area contributed by atoms with E-state index in [-0.39, 0.29) is 5.41 Å². The molecule has 4 nitrogen and oxygen atoms in total. The Bertz CT molecular complexity index is 449. The second-order valence-corrected chi connectivity index (χ2v) is 6.81. The van der Waals surface area contributed by atoms with Crippen LogP contribution in [0, 0.1) is 11.3 Å². The van der Waals surface area contributed by atoms with Gasteiger partial charge in [-0.15, -0.1) is 0 Å². The highest BCUT2D eigenvalue weighted by atomic mass is 19.4. The molecule has 0 aromatic rings. The van der Waals surface area contributed by atoms with E-state index < -0.39 is 18.2 Å². The first-order valence-corrected chi connectivity index (χ1v) is 7.10. The second kappa shape index (κ2) is 5.19. The highest BCUT2D eigenvalue weighted by Crippen LogP contribution is 2.37. The Balaban J connectivity index is 2.17. The number of halogens is 3. The van der Waals surface area contributed by atoms with Crippen molar-refractivity contribution < 1.29 is 18.0 Å². The van der Waals surface area contributed by atoms with Crippen LogP contribution in [0.2, 0.25) is 0 Å². The quantitative estimate of drug-likeness (QED) is 0.870. The lowest BCUT2D eigenvalue weighted by molar-refractivity contribution is -0.176. The van der Waals surface area contributed by atoms with Crippen LogP contribution < -0.4 is 5.32 Å². The van der Waals surface area contributed by atoms with Crippen LogP contribution in [-0.2, 0) is 4.79 Å². The Morgan fingerprint density at radius 1 is 1.33 bits per heavy atom. The maximum absolute atomic E-state index is 12.5. The van der Waals surface area contributed by atoms with Gasteiger partial charge in [-0.2, -0.15) is 18.2 Å². The Kier molecular flexibility index (Phi) is 3.99. The number of carbonyl (C=O) groups excluding carboxylic acids is 1. The molecule has 0 spiro atoms. The Morgan fingerprint density at radius 3 is 2.33 bits per heavy atom. The van der Waals surface area contributed by atoms with Crippen molar-refractivity contribution in [1.82, 2.24) is 15.3 Å². The molecule has 1 saturated carbocycles. The van der Waals surface area contributed by atoms with E-state index in [9.17, 15) is 18.0 Å². The summed E-state index contributed by atoms with van der Waals surface area (Å²) in [5.74, 6) is -1.39. The zero-order valence-corrected chi connectivity index (χ0v) is 12.8. The standard InChI is InChI=1S/C14H22F3N3O/c1-13(2,3)10-7-11(18-12(21)14(15,16)17)20(19(10)4)8-9-5-6-9/h7,9,11H,5-6,8H2,1-4H3,(H,18,21). The van der Waals surface area contributed by atoms with E-state index in [1.165, 1.54) is 0 Å². The van der Waals surface area contributed by atoms with Gasteiger partial charge in [-0.1, -0.05) is 20.8 Å². The molecule has 0 aromatic carbocycles. The lowest BCUT2D eigenvalue weighted by Crippen LogP contribution is -2.53. The van der Waals surface area contributed by atoms with Crippen molar-refractivity contribution in [2.24, 2.45) is 11.3 Å². The number of hydrogen-bond acceptors (Lipinski definition) is 3. The summed E-state index contributed by atoms with van der Waals surface area (Å²) in [7, 11) is 1.83. The van der Waals surface area contributed by atoms with Gasteiger partial charge < -0.3 is 10.3 Å². The Labute approximate surface area is 122 Å². The van der Waals surface area contributed by atoms with Crippen molar-refractivity contribution in [2.75, 3.05) is 13.6 Å². The van der Waals surface area contributed by atoms with Crippen LogP contribution in [0.4, 0.5) is 13.2 Å². The van der Waals surface area contributed by atoms with Gasteiger partial charge in [0, 0.05) is 24.7 Å². The van der Waals surface area contributed by atoms with Crippen LogP contribution in [0.3, 0.4) is 0 Å². The minimum absolute atomic E-state index is 0.200. The summed E-state index contributed by atoms with van der Waals surface area (Å²) < 4.78 is 37.4. The van der Waals surface area contributed by atoms with Crippen molar-refractivity contribution in [3.8, 4) is 0 Å². The minimum atomic E-state index is -4.86. The number of allylic oxidation sites excluding steroid dienone is 1. The van der Waals surface area contributed by atoms with Crippen LogP contribution >= 0.6 is 0 Å². The summed E-state index contributed by atoms with van der Waals surface area (Å²) in [6.45, 7) is 6.66. The third-order valence-corrected chi connectivity index (χ3v) is 3.82. The maximum atomic E-state index is 12.5. The number of nitrogens with zero attached hydrogens (tertiary/aromatic N) is 2. The van der Waals surface area contributed by atoms with Gasteiger partial charge in [-0.3, -0.25) is 4.79 Å². The van der Waals surface area contributed by atoms with Gasteiger partial charge >= 0.3 is 12.1 Å². The number of hydrogen-bond donors (Lipinski definition) is 1. The van der Waals surface area contributed by atoms with E-state index in [0.717, 1.165) is 18.5 Å². The van der Waals surface area contributed by atoms with Gasteiger partial charge in [0.25, 0.3) is 0 Å². The molecular weight excluding hydrogens is 283 g/mol. The summed E-state index contributed by atoms with van der Waals surface area (Å²) >= 11 is 0. The molecule has 1 heterocycles. The minimum Gasteiger partial charge on any atom is -0.328 e. The third kappa shape index (κ3) is 3.70. The largest absolute Gasteiger partial charge is 0.471 e. The van der Waals surface area contributed by atoms with E-state index in [1.54, 1.807) is 6.08 Å². The fourth-order valence-corrected chi connectivity index (χ4v) is 2.54. The lowest BCUT2D eigenvalue weighted by atomic mass is 9.91. The van der Waals surface area contributed by atoms with Crippen LogP contribution in [-0.4, -0.2) is 41.9 Å². The molecule has 21 heavy (non-hydrogen) atoms. The fourth-order valence-electron chi connectivity index (χ4n) is 2.54. The van der Waals surface area contributed by atoms with Gasteiger partial charge in [0.1, 0.15) is 6.17 Å². The molecule has 2 rings (SSSR count). The summed E-state index contributed by atoms with van der Waals surface area (Å²) in [6.07, 6.45) is -1.70. The normalized spacial score (nSPS) is 24.2. The average molecular weight is 305 g/mol. The Hall–Kier alpha value is -1.24. The molecular formula is C14H22F3N3O. The summed E-state index contributed by atoms with van der Waals surface area (Å²) in [4.78, 5) is 11.2. The molecule has 0 radical (unpaired) electrons.